The van der Waals surface area contributed by atoms with Crippen LogP contribution in [0, 0.1) is 13.8 Å². The van der Waals surface area contributed by atoms with Crippen LogP contribution in [0.25, 0.3) is 0 Å². The summed E-state index contributed by atoms with van der Waals surface area (Å²) in [4.78, 5) is 28.9. The average molecular weight is 542 g/mol. The molecule has 3 rings (SSSR count). The third-order valence-electron chi connectivity index (χ3n) is 5.79. The van der Waals surface area contributed by atoms with Gasteiger partial charge in [0.2, 0.25) is 5.91 Å². The van der Waals surface area contributed by atoms with Crippen LogP contribution < -0.4 is 10.1 Å². The van der Waals surface area contributed by atoms with E-state index in [0.29, 0.717) is 22.2 Å². The Morgan fingerprint density at radius 2 is 1.62 bits per heavy atom. The van der Waals surface area contributed by atoms with Crippen molar-refractivity contribution in [2.45, 2.75) is 59.2 Å². The third-order valence-corrected chi connectivity index (χ3v) is 6.53. The number of aryl methyl sites for hydroxylation is 2. The number of rotatable bonds is 9. The summed E-state index contributed by atoms with van der Waals surface area (Å²) in [6.45, 7) is 9.65. The van der Waals surface area contributed by atoms with Crippen molar-refractivity contribution < 1.29 is 14.3 Å². The molecule has 0 spiro atoms. The molecule has 37 heavy (non-hydrogen) atoms. The molecule has 0 aliphatic rings. The Hall–Kier alpha value is -3.02. The van der Waals surface area contributed by atoms with Crippen molar-refractivity contribution >= 4 is 35.0 Å². The van der Waals surface area contributed by atoms with Crippen molar-refractivity contribution in [2.24, 2.45) is 0 Å². The topological polar surface area (TPSA) is 58.6 Å². The molecular formula is C30H34Cl2N2O3. The lowest BCUT2D eigenvalue weighted by Gasteiger charge is -2.34. The highest BCUT2D eigenvalue weighted by molar-refractivity contribution is 6.42. The minimum atomic E-state index is -0.772. The SMILES string of the molecule is Cc1ccc(OCC(=O)N(Cc2ccc(Cl)c(Cl)c2)[C@@H](Cc2ccccc2)C(=O)NC(C)(C)C)c(C)c1. The quantitative estimate of drug-likeness (QED) is 0.335. The molecule has 0 bridgehead atoms. The normalized spacial score (nSPS) is 12.1. The molecule has 0 aliphatic carbocycles. The minimum Gasteiger partial charge on any atom is -0.483 e. The van der Waals surface area contributed by atoms with Gasteiger partial charge in [0.05, 0.1) is 10.0 Å². The van der Waals surface area contributed by atoms with Crippen LogP contribution in [0.5, 0.6) is 5.75 Å². The van der Waals surface area contributed by atoms with Gasteiger partial charge in [-0.25, -0.2) is 0 Å². The Morgan fingerprint density at radius 1 is 0.919 bits per heavy atom. The molecule has 3 aromatic carbocycles. The Balaban J connectivity index is 1.96. The Bertz CT molecular complexity index is 1240. The highest BCUT2D eigenvalue weighted by Crippen LogP contribution is 2.25. The van der Waals surface area contributed by atoms with Crippen molar-refractivity contribution in [3.05, 3.63) is 99.0 Å². The van der Waals surface area contributed by atoms with E-state index in [1.807, 2.05) is 83.1 Å². The number of nitrogens with one attached hydrogen (secondary N) is 1. The van der Waals surface area contributed by atoms with Gasteiger partial charge in [0.25, 0.3) is 5.91 Å². The van der Waals surface area contributed by atoms with Crippen LogP contribution >= 0.6 is 23.2 Å². The van der Waals surface area contributed by atoms with Crippen LogP contribution in [0.2, 0.25) is 10.0 Å². The third kappa shape index (κ3) is 8.51. The summed E-state index contributed by atoms with van der Waals surface area (Å²) in [6.07, 6.45) is 0.347. The van der Waals surface area contributed by atoms with Crippen LogP contribution in [0.15, 0.2) is 66.7 Å². The molecule has 7 heteroatoms. The largest absolute Gasteiger partial charge is 0.483 e. The number of amides is 2. The summed E-state index contributed by atoms with van der Waals surface area (Å²) >= 11 is 12.4. The maximum Gasteiger partial charge on any atom is 0.261 e. The van der Waals surface area contributed by atoms with Gasteiger partial charge in [-0.05, 0) is 69.5 Å². The number of benzene rings is 3. The fourth-order valence-electron chi connectivity index (χ4n) is 4.03. The first-order valence-electron chi connectivity index (χ1n) is 12.2. The molecule has 0 saturated heterocycles. The summed E-state index contributed by atoms with van der Waals surface area (Å²) in [6, 6.07) is 19.9. The van der Waals surface area contributed by atoms with Crippen molar-refractivity contribution in [3.63, 3.8) is 0 Å². The van der Waals surface area contributed by atoms with Crippen LogP contribution in [0.3, 0.4) is 0 Å². The van der Waals surface area contributed by atoms with Crippen LogP contribution in [-0.2, 0) is 22.6 Å². The first kappa shape index (κ1) is 28.5. The zero-order valence-corrected chi connectivity index (χ0v) is 23.5. The zero-order chi connectivity index (χ0) is 27.2. The van der Waals surface area contributed by atoms with Crippen LogP contribution in [-0.4, -0.2) is 34.9 Å². The first-order valence-corrected chi connectivity index (χ1v) is 13.0. The highest BCUT2D eigenvalue weighted by atomic mass is 35.5. The van der Waals surface area contributed by atoms with E-state index in [4.69, 9.17) is 27.9 Å². The number of hydrogen-bond acceptors (Lipinski definition) is 3. The van der Waals surface area contributed by atoms with Crippen molar-refractivity contribution in [3.8, 4) is 5.75 Å². The predicted molar refractivity (Wildman–Crippen MR) is 150 cm³/mol. The smallest absolute Gasteiger partial charge is 0.261 e. The fourth-order valence-corrected chi connectivity index (χ4v) is 4.35. The summed E-state index contributed by atoms with van der Waals surface area (Å²) < 4.78 is 5.93. The van der Waals surface area contributed by atoms with Gasteiger partial charge < -0.3 is 15.0 Å². The standard InChI is InChI=1S/C30H34Cl2N2O3/c1-20-11-14-27(21(2)15-20)37-19-28(35)34(18-23-12-13-24(31)25(32)16-23)26(29(36)33-30(3,4)5)17-22-9-7-6-8-10-22/h6-16,26H,17-19H2,1-5H3,(H,33,36)/t26-/m0/s1. The number of nitrogens with zero attached hydrogens (tertiary/aromatic N) is 1. The maximum atomic E-state index is 13.7. The highest BCUT2D eigenvalue weighted by Gasteiger charge is 2.32. The van der Waals surface area contributed by atoms with Gasteiger partial charge in [-0.1, -0.05) is 77.3 Å². The van der Waals surface area contributed by atoms with Gasteiger partial charge in [-0.3, -0.25) is 9.59 Å². The van der Waals surface area contributed by atoms with Gasteiger partial charge in [0.15, 0.2) is 6.61 Å². The van der Waals surface area contributed by atoms with E-state index in [-0.39, 0.29) is 25.0 Å². The predicted octanol–water partition coefficient (Wildman–Crippen LogP) is 6.54. The van der Waals surface area contributed by atoms with E-state index in [1.165, 1.54) is 0 Å². The maximum absolute atomic E-state index is 13.7. The summed E-state index contributed by atoms with van der Waals surface area (Å²) in [5, 5.41) is 3.86. The van der Waals surface area contributed by atoms with Gasteiger partial charge in [0, 0.05) is 18.5 Å². The number of ether oxygens (including phenoxy) is 1. The molecule has 5 nitrogen and oxygen atoms in total. The van der Waals surface area contributed by atoms with E-state index in [9.17, 15) is 9.59 Å². The van der Waals surface area contributed by atoms with Gasteiger partial charge >= 0.3 is 0 Å². The molecular weight excluding hydrogens is 507 g/mol. The van der Waals surface area contributed by atoms with Gasteiger partial charge in [0.1, 0.15) is 11.8 Å². The minimum absolute atomic E-state index is 0.168. The Morgan fingerprint density at radius 3 is 2.24 bits per heavy atom. The molecule has 0 unspecified atom stereocenters. The molecule has 0 aromatic heterocycles. The number of carbonyl (C=O) groups is 2. The molecule has 0 heterocycles. The Labute approximate surface area is 229 Å². The fraction of sp³-hybridized carbons (Fsp3) is 0.333. The molecule has 0 radical (unpaired) electrons. The molecule has 2 amide bonds. The van der Waals surface area contributed by atoms with E-state index in [0.717, 1.165) is 22.3 Å². The second-order valence-corrected chi connectivity index (χ2v) is 11.1. The monoisotopic (exact) mass is 540 g/mol. The number of halogens is 2. The molecule has 0 fully saturated rings. The van der Waals surface area contributed by atoms with Crippen molar-refractivity contribution in [2.75, 3.05) is 6.61 Å². The van der Waals surface area contributed by atoms with Crippen LogP contribution in [0.1, 0.15) is 43.0 Å². The average Bonchev–Trinajstić information content (AvgIpc) is 2.82. The second kappa shape index (κ2) is 12.5. The lowest BCUT2D eigenvalue weighted by atomic mass is 10.0. The van der Waals surface area contributed by atoms with Gasteiger partial charge in [-0.15, -0.1) is 0 Å². The van der Waals surface area contributed by atoms with Crippen molar-refractivity contribution in [1.29, 1.82) is 0 Å². The lowest BCUT2D eigenvalue weighted by molar-refractivity contribution is -0.143. The molecule has 0 saturated carbocycles. The zero-order valence-electron chi connectivity index (χ0n) is 22.0. The summed E-state index contributed by atoms with van der Waals surface area (Å²) in [5.41, 5.74) is 3.28. The van der Waals surface area contributed by atoms with E-state index < -0.39 is 11.6 Å². The van der Waals surface area contributed by atoms with E-state index in [2.05, 4.69) is 5.32 Å². The summed E-state index contributed by atoms with van der Waals surface area (Å²) in [5.74, 6) is 0.0829. The second-order valence-electron chi connectivity index (χ2n) is 10.3. The lowest BCUT2D eigenvalue weighted by Crippen LogP contribution is -2.55. The van der Waals surface area contributed by atoms with Crippen molar-refractivity contribution in [1.82, 2.24) is 10.2 Å². The molecule has 1 atom stereocenters. The molecule has 1 N–H and O–H groups in total. The van der Waals surface area contributed by atoms with Gasteiger partial charge in [-0.2, -0.15) is 0 Å². The number of carbonyl (C=O) groups excluding carboxylic acids is 2. The van der Waals surface area contributed by atoms with E-state index >= 15 is 0 Å². The summed E-state index contributed by atoms with van der Waals surface area (Å²) in [7, 11) is 0. The molecule has 0 aliphatic heterocycles. The first-order chi connectivity index (χ1) is 17.4. The molecule has 196 valence electrons. The Kier molecular flexibility index (Phi) is 9.63. The number of hydrogen-bond donors (Lipinski definition) is 1. The molecule has 3 aromatic rings. The van der Waals surface area contributed by atoms with Crippen LogP contribution in [0.4, 0.5) is 0 Å². The van der Waals surface area contributed by atoms with E-state index in [1.54, 1.807) is 23.1 Å².